The summed E-state index contributed by atoms with van der Waals surface area (Å²) >= 11 is 0. The summed E-state index contributed by atoms with van der Waals surface area (Å²) in [4.78, 5) is 0. The van der Waals surface area contributed by atoms with Gasteiger partial charge < -0.3 is 5.32 Å². The highest BCUT2D eigenvalue weighted by atomic mass is 14.9. The minimum absolute atomic E-state index is 0.870. The third-order valence-corrected chi connectivity index (χ3v) is 5.40. The summed E-state index contributed by atoms with van der Waals surface area (Å²) in [5, 5.41) is 3.67. The molecule has 0 radical (unpaired) electrons. The van der Waals surface area contributed by atoms with E-state index in [2.05, 4.69) is 50.4 Å². The van der Waals surface area contributed by atoms with Crippen molar-refractivity contribution in [2.24, 2.45) is 17.8 Å². The number of rotatable bonds is 7. The van der Waals surface area contributed by atoms with Crippen LogP contribution in [0.3, 0.4) is 0 Å². The van der Waals surface area contributed by atoms with E-state index < -0.39 is 0 Å². The van der Waals surface area contributed by atoms with Gasteiger partial charge in [-0.25, -0.2) is 0 Å². The van der Waals surface area contributed by atoms with Crippen molar-refractivity contribution in [3.63, 3.8) is 0 Å². The zero-order valence-electron chi connectivity index (χ0n) is 14.2. The molecule has 1 aliphatic carbocycles. The average molecular weight is 287 g/mol. The van der Waals surface area contributed by atoms with Crippen LogP contribution in [-0.4, -0.2) is 13.1 Å². The summed E-state index contributed by atoms with van der Waals surface area (Å²) < 4.78 is 0. The largest absolute Gasteiger partial charge is 0.316 e. The van der Waals surface area contributed by atoms with Crippen molar-refractivity contribution < 1.29 is 0 Å². The monoisotopic (exact) mass is 287 g/mol. The molecule has 0 spiro atoms. The number of benzene rings is 1. The molecular formula is C20H33N. The van der Waals surface area contributed by atoms with E-state index in [9.17, 15) is 0 Å². The van der Waals surface area contributed by atoms with E-state index in [0.29, 0.717) is 0 Å². The van der Waals surface area contributed by atoms with E-state index in [1.165, 1.54) is 57.2 Å². The van der Waals surface area contributed by atoms with Crippen LogP contribution in [0.25, 0.3) is 0 Å². The van der Waals surface area contributed by atoms with Crippen molar-refractivity contribution in [2.75, 3.05) is 13.1 Å². The molecule has 1 heteroatoms. The Morgan fingerprint density at radius 1 is 1.10 bits per heavy atom. The first-order chi connectivity index (χ1) is 10.2. The van der Waals surface area contributed by atoms with Crippen LogP contribution in [0.15, 0.2) is 24.3 Å². The summed E-state index contributed by atoms with van der Waals surface area (Å²) in [6, 6.07) is 8.96. The molecule has 1 fully saturated rings. The molecule has 1 aromatic rings. The highest BCUT2D eigenvalue weighted by Crippen LogP contribution is 2.37. The topological polar surface area (TPSA) is 12.0 Å². The molecule has 118 valence electrons. The molecule has 0 aliphatic heterocycles. The summed E-state index contributed by atoms with van der Waals surface area (Å²) in [7, 11) is 0. The average Bonchev–Trinajstić information content (AvgIpc) is 2.51. The molecule has 1 N–H and O–H groups in total. The van der Waals surface area contributed by atoms with Crippen molar-refractivity contribution in [3.8, 4) is 0 Å². The standard InChI is InChI=1S/C20H33N/c1-4-12-21-15-19-11-10-17(5-2)13-20(19)14-18-9-7-6-8-16(18)3/h6-9,17,19-21H,4-5,10-15H2,1-3H3. The molecule has 1 aromatic carbocycles. The summed E-state index contributed by atoms with van der Waals surface area (Å²) in [6.07, 6.45) is 8.18. The van der Waals surface area contributed by atoms with Crippen LogP contribution in [0, 0.1) is 24.7 Å². The third kappa shape index (κ3) is 4.85. The summed E-state index contributed by atoms with van der Waals surface area (Å²) in [6.45, 7) is 9.28. The molecule has 1 saturated carbocycles. The summed E-state index contributed by atoms with van der Waals surface area (Å²) in [5.74, 6) is 2.70. The fraction of sp³-hybridized carbons (Fsp3) is 0.700. The van der Waals surface area contributed by atoms with Gasteiger partial charge in [0.15, 0.2) is 0 Å². The van der Waals surface area contributed by atoms with Crippen LogP contribution in [0.2, 0.25) is 0 Å². The molecule has 0 heterocycles. The van der Waals surface area contributed by atoms with Crippen LogP contribution in [0.1, 0.15) is 57.1 Å². The highest BCUT2D eigenvalue weighted by Gasteiger charge is 2.29. The Morgan fingerprint density at radius 3 is 2.62 bits per heavy atom. The van der Waals surface area contributed by atoms with Crippen molar-refractivity contribution in [3.05, 3.63) is 35.4 Å². The predicted octanol–water partition coefficient (Wildman–Crippen LogP) is 4.98. The van der Waals surface area contributed by atoms with Crippen LogP contribution in [0.4, 0.5) is 0 Å². The van der Waals surface area contributed by atoms with Crippen LogP contribution >= 0.6 is 0 Å². The van der Waals surface area contributed by atoms with Gasteiger partial charge in [-0.05, 0) is 74.6 Å². The predicted molar refractivity (Wildman–Crippen MR) is 92.7 cm³/mol. The van der Waals surface area contributed by atoms with Gasteiger partial charge in [0, 0.05) is 0 Å². The Balaban J connectivity index is 2.00. The molecule has 0 saturated heterocycles. The number of hydrogen-bond donors (Lipinski definition) is 1. The van der Waals surface area contributed by atoms with Crippen molar-refractivity contribution in [2.45, 2.75) is 59.3 Å². The lowest BCUT2D eigenvalue weighted by Crippen LogP contribution is -2.34. The fourth-order valence-electron chi connectivity index (χ4n) is 3.90. The minimum Gasteiger partial charge on any atom is -0.316 e. The maximum absolute atomic E-state index is 3.67. The van der Waals surface area contributed by atoms with Gasteiger partial charge in [-0.3, -0.25) is 0 Å². The van der Waals surface area contributed by atoms with Crippen molar-refractivity contribution >= 4 is 0 Å². The van der Waals surface area contributed by atoms with Crippen molar-refractivity contribution in [1.82, 2.24) is 5.32 Å². The third-order valence-electron chi connectivity index (χ3n) is 5.40. The second-order valence-corrected chi connectivity index (χ2v) is 6.94. The molecule has 2 rings (SSSR count). The quantitative estimate of drug-likeness (QED) is 0.697. The molecular weight excluding hydrogens is 254 g/mol. The Kier molecular flexibility index (Phi) is 6.76. The summed E-state index contributed by atoms with van der Waals surface area (Å²) in [5.41, 5.74) is 3.04. The molecule has 0 aromatic heterocycles. The molecule has 0 amide bonds. The minimum atomic E-state index is 0.870. The van der Waals surface area contributed by atoms with Gasteiger partial charge in [-0.2, -0.15) is 0 Å². The Bertz CT molecular complexity index is 410. The van der Waals surface area contributed by atoms with E-state index in [0.717, 1.165) is 17.8 Å². The van der Waals surface area contributed by atoms with Crippen molar-refractivity contribution in [1.29, 1.82) is 0 Å². The van der Waals surface area contributed by atoms with E-state index in [-0.39, 0.29) is 0 Å². The smallest absolute Gasteiger partial charge is 0.00178 e. The van der Waals surface area contributed by atoms with E-state index in [1.807, 2.05) is 0 Å². The lowest BCUT2D eigenvalue weighted by Gasteiger charge is -2.36. The van der Waals surface area contributed by atoms with Gasteiger partial charge in [-0.15, -0.1) is 0 Å². The first-order valence-electron chi connectivity index (χ1n) is 8.99. The van der Waals surface area contributed by atoms with E-state index in [1.54, 1.807) is 5.56 Å². The molecule has 21 heavy (non-hydrogen) atoms. The van der Waals surface area contributed by atoms with Crippen LogP contribution in [-0.2, 0) is 6.42 Å². The highest BCUT2D eigenvalue weighted by molar-refractivity contribution is 5.26. The lowest BCUT2D eigenvalue weighted by molar-refractivity contribution is 0.171. The van der Waals surface area contributed by atoms with Gasteiger partial charge in [-0.1, -0.05) is 51.0 Å². The zero-order valence-corrected chi connectivity index (χ0v) is 14.2. The number of nitrogens with one attached hydrogen (secondary N) is 1. The first kappa shape index (κ1) is 16.5. The van der Waals surface area contributed by atoms with Gasteiger partial charge in [0.05, 0.1) is 0 Å². The Hall–Kier alpha value is -0.820. The number of aryl methyl sites for hydroxylation is 1. The second-order valence-electron chi connectivity index (χ2n) is 6.94. The van der Waals surface area contributed by atoms with Gasteiger partial charge in [0.1, 0.15) is 0 Å². The zero-order chi connectivity index (χ0) is 15.1. The fourth-order valence-corrected chi connectivity index (χ4v) is 3.90. The maximum atomic E-state index is 3.67. The van der Waals surface area contributed by atoms with Crippen LogP contribution in [0.5, 0.6) is 0 Å². The van der Waals surface area contributed by atoms with E-state index in [4.69, 9.17) is 0 Å². The lowest BCUT2D eigenvalue weighted by atomic mass is 9.70. The Morgan fingerprint density at radius 2 is 1.90 bits per heavy atom. The van der Waals surface area contributed by atoms with Gasteiger partial charge in [0.25, 0.3) is 0 Å². The van der Waals surface area contributed by atoms with Crippen LogP contribution < -0.4 is 5.32 Å². The SMILES string of the molecule is CCCNCC1CCC(CC)CC1Cc1ccccc1C. The second kappa shape index (κ2) is 8.58. The maximum Gasteiger partial charge on any atom is -0.00178 e. The molecule has 1 nitrogen and oxygen atoms in total. The van der Waals surface area contributed by atoms with Gasteiger partial charge >= 0.3 is 0 Å². The molecule has 3 unspecified atom stereocenters. The normalized spacial score (nSPS) is 26.0. The van der Waals surface area contributed by atoms with E-state index >= 15 is 0 Å². The molecule has 0 bridgehead atoms. The number of hydrogen-bond acceptors (Lipinski definition) is 1. The first-order valence-corrected chi connectivity index (χ1v) is 8.99. The molecule has 3 atom stereocenters. The Labute approximate surface area is 131 Å². The van der Waals surface area contributed by atoms with Gasteiger partial charge in [0.2, 0.25) is 0 Å². The molecule has 1 aliphatic rings.